The number of alkyl halides is 1. The number of aromatic nitrogens is 1. The Morgan fingerprint density at radius 2 is 2.10 bits per heavy atom. The fourth-order valence-electron chi connectivity index (χ4n) is 4.70. The van der Waals surface area contributed by atoms with Gasteiger partial charge in [-0.3, -0.25) is 9.59 Å². The molecule has 3 heterocycles. The Kier molecular flexibility index (Phi) is 4.95. The number of fused-ring (bicyclic) bond motifs is 1. The summed E-state index contributed by atoms with van der Waals surface area (Å²) >= 11 is 0. The predicted octanol–water partition coefficient (Wildman–Crippen LogP) is 3.01. The lowest BCUT2D eigenvalue weighted by atomic mass is 10.1. The Bertz CT molecular complexity index is 1070. The first-order chi connectivity index (χ1) is 14.9. The fraction of sp³-hybridized carbons (Fsp3) is 0.522. The molecule has 1 aromatic heterocycles. The van der Waals surface area contributed by atoms with Gasteiger partial charge in [0.1, 0.15) is 11.9 Å². The Hall–Kier alpha value is -2.90. The number of nitrogens with zero attached hydrogens (tertiary/aromatic N) is 2. The van der Waals surface area contributed by atoms with Crippen LogP contribution in [0.2, 0.25) is 0 Å². The molecular weight excluding hydrogens is 399 g/mol. The molecular formula is C23H27FN4O3. The molecule has 8 heteroatoms. The zero-order chi connectivity index (χ0) is 21.7. The minimum Gasteiger partial charge on any atom is -0.382 e. The lowest BCUT2D eigenvalue weighted by Crippen LogP contribution is -2.45. The standard InChI is InChI=1S/C23H27FN4O3/c1-12-5-13(2)17-8-20(26-19(17)6-12)23(30)28-11-15(24)7-16(28)10-25-22(29)21-9-18(27-31-21)14-3-4-14/h5-6,8,14-16,21,26H,3-4,7,9-11H2,1-2H3,(H,25,29)/t15-,16-,21?/m0/s1. The maximum absolute atomic E-state index is 14.2. The van der Waals surface area contributed by atoms with Crippen LogP contribution in [0.3, 0.4) is 0 Å². The molecule has 1 unspecified atom stereocenters. The monoisotopic (exact) mass is 426 g/mol. The van der Waals surface area contributed by atoms with Gasteiger partial charge in [-0.15, -0.1) is 0 Å². The van der Waals surface area contributed by atoms with Crippen molar-refractivity contribution in [1.29, 1.82) is 0 Å². The number of likely N-dealkylation sites (tertiary alicyclic amines) is 1. The number of hydrogen-bond donors (Lipinski definition) is 2. The highest BCUT2D eigenvalue weighted by atomic mass is 19.1. The van der Waals surface area contributed by atoms with Gasteiger partial charge in [0.2, 0.25) is 6.10 Å². The van der Waals surface area contributed by atoms with Crippen LogP contribution in [0.25, 0.3) is 10.9 Å². The summed E-state index contributed by atoms with van der Waals surface area (Å²) in [4.78, 5) is 35.7. The Morgan fingerprint density at radius 1 is 1.29 bits per heavy atom. The van der Waals surface area contributed by atoms with E-state index >= 15 is 0 Å². The van der Waals surface area contributed by atoms with E-state index in [-0.39, 0.29) is 31.3 Å². The first-order valence-electron chi connectivity index (χ1n) is 10.9. The third-order valence-corrected chi connectivity index (χ3v) is 6.49. The topological polar surface area (TPSA) is 86.8 Å². The van der Waals surface area contributed by atoms with Crippen molar-refractivity contribution < 1.29 is 18.8 Å². The van der Waals surface area contributed by atoms with E-state index in [0.29, 0.717) is 18.0 Å². The zero-order valence-electron chi connectivity index (χ0n) is 17.8. The minimum atomic E-state index is -1.10. The average molecular weight is 426 g/mol. The lowest BCUT2D eigenvalue weighted by Gasteiger charge is -2.24. The molecule has 5 rings (SSSR count). The van der Waals surface area contributed by atoms with Crippen LogP contribution in [0.4, 0.5) is 4.39 Å². The van der Waals surface area contributed by atoms with E-state index in [0.717, 1.165) is 40.6 Å². The van der Waals surface area contributed by atoms with E-state index in [1.54, 1.807) is 0 Å². The number of carbonyl (C=O) groups is 2. The molecule has 2 amide bonds. The number of H-pyrrole nitrogens is 1. The van der Waals surface area contributed by atoms with Gasteiger partial charge >= 0.3 is 0 Å². The molecule has 3 aliphatic rings. The largest absolute Gasteiger partial charge is 0.382 e. The van der Waals surface area contributed by atoms with Crippen molar-refractivity contribution in [3.8, 4) is 0 Å². The van der Waals surface area contributed by atoms with Crippen molar-refractivity contribution in [2.24, 2.45) is 11.1 Å². The van der Waals surface area contributed by atoms with Gasteiger partial charge < -0.3 is 20.0 Å². The third kappa shape index (κ3) is 3.91. The second kappa shape index (κ2) is 7.66. The van der Waals surface area contributed by atoms with Crippen LogP contribution in [-0.4, -0.2) is 58.8 Å². The lowest BCUT2D eigenvalue weighted by molar-refractivity contribution is -0.131. The number of halogens is 1. The van der Waals surface area contributed by atoms with E-state index in [1.165, 1.54) is 4.90 Å². The van der Waals surface area contributed by atoms with Crippen LogP contribution in [0, 0.1) is 19.8 Å². The van der Waals surface area contributed by atoms with Crippen molar-refractivity contribution in [1.82, 2.24) is 15.2 Å². The van der Waals surface area contributed by atoms with Gasteiger partial charge in [-0.25, -0.2) is 4.39 Å². The fourth-order valence-corrected chi connectivity index (χ4v) is 4.70. The van der Waals surface area contributed by atoms with Crippen LogP contribution in [0.1, 0.15) is 47.3 Å². The zero-order valence-corrected chi connectivity index (χ0v) is 17.8. The van der Waals surface area contributed by atoms with Gasteiger partial charge in [-0.2, -0.15) is 0 Å². The van der Waals surface area contributed by atoms with Crippen LogP contribution >= 0.6 is 0 Å². The minimum absolute atomic E-state index is 0.0294. The van der Waals surface area contributed by atoms with Gasteiger partial charge in [-0.05, 0) is 49.9 Å². The quantitative estimate of drug-likeness (QED) is 0.771. The molecule has 1 aliphatic carbocycles. The maximum atomic E-state index is 14.2. The number of aromatic amines is 1. The Morgan fingerprint density at radius 3 is 2.87 bits per heavy atom. The first kappa shape index (κ1) is 20.0. The van der Waals surface area contributed by atoms with Crippen molar-refractivity contribution in [2.75, 3.05) is 13.1 Å². The number of hydrogen-bond acceptors (Lipinski definition) is 4. The molecule has 7 nitrogen and oxygen atoms in total. The van der Waals surface area contributed by atoms with E-state index in [1.807, 2.05) is 26.0 Å². The van der Waals surface area contributed by atoms with Gasteiger partial charge in [0, 0.05) is 36.2 Å². The van der Waals surface area contributed by atoms with Crippen LogP contribution in [0.5, 0.6) is 0 Å². The second-order valence-corrected chi connectivity index (χ2v) is 9.07. The van der Waals surface area contributed by atoms with Gasteiger partial charge in [0.05, 0.1) is 18.3 Å². The number of amides is 2. The molecule has 2 aromatic rings. The molecule has 0 radical (unpaired) electrons. The molecule has 1 saturated heterocycles. The summed E-state index contributed by atoms with van der Waals surface area (Å²) in [5.41, 5.74) is 4.50. The number of oxime groups is 1. The maximum Gasteiger partial charge on any atom is 0.270 e. The molecule has 2 fully saturated rings. The smallest absolute Gasteiger partial charge is 0.270 e. The third-order valence-electron chi connectivity index (χ3n) is 6.49. The summed E-state index contributed by atoms with van der Waals surface area (Å²) in [7, 11) is 0. The number of rotatable bonds is 5. The van der Waals surface area contributed by atoms with Crippen molar-refractivity contribution >= 4 is 28.4 Å². The molecule has 2 N–H and O–H groups in total. The summed E-state index contributed by atoms with van der Waals surface area (Å²) in [6.45, 7) is 4.24. The Labute approximate surface area is 180 Å². The molecule has 1 aromatic carbocycles. The molecule has 31 heavy (non-hydrogen) atoms. The average Bonchev–Trinajstić information content (AvgIpc) is 3.14. The summed E-state index contributed by atoms with van der Waals surface area (Å²) < 4.78 is 14.2. The summed E-state index contributed by atoms with van der Waals surface area (Å²) in [5.74, 6) is -0.0354. The SMILES string of the molecule is Cc1cc(C)c2cc(C(=O)N3C[C@@H](F)C[C@H]3CNC(=O)C3CC(C4CC4)=NO3)[nH]c2c1. The predicted molar refractivity (Wildman–Crippen MR) is 115 cm³/mol. The highest BCUT2D eigenvalue weighted by molar-refractivity contribution is 5.99. The molecule has 0 bridgehead atoms. The van der Waals surface area contributed by atoms with Crippen molar-refractivity contribution in [3.05, 3.63) is 35.0 Å². The highest BCUT2D eigenvalue weighted by Gasteiger charge is 2.39. The normalized spacial score (nSPS) is 25.6. The van der Waals surface area contributed by atoms with Crippen molar-refractivity contribution in [2.45, 2.75) is 57.8 Å². The van der Waals surface area contributed by atoms with Gasteiger partial charge in [0.15, 0.2) is 0 Å². The van der Waals surface area contributed by atoms with E-state index in [2.05, 4.69) is 21.5 Å². The van der Waals surface area contributed by atoms with E-state index in [4.69, 9.17) is 4.84 Å². The molecule has 2 aliphatic heterocycles. The van der Waals surface area contributed by atoms with Gasteiger partial charge in [0.25, 0.3) is 11.8 Å². The summed E-state index contributed by atoms with van der Waals surface area (Å²) in [5, 5.41) is 7.86. The molecule has 0 spiro atoms. The van der Waals surface area contributed by atoms with Crippen LogP contribution < -0.4 is 5.32 Å². The van der Waals surface area contributed by atoms with Crippen LogP contribution in [-0.2, 0) is 9.63 Å². The van der Waals surface area contributed by atoms with E-state index < -0.39 is 18.3 Å². The number of benzene rings is 1. The number of carbonyl (C=O) groups excluding carboxylic acids is 2. The van der Waals surface area contributed by atoms with Crippen LogP contribution in [0.15, 0.2) is 23.4 Å². The molecule has 1 saturated carbocycles. The number of aryl methyl sites for hydroxylation is 2. The number of nitrogens with one attached hydrogen (secondary N) is 2. The van der Waals surface area contributed by atoms with Gasteiger partial charge in [-0.1, -0.05) is 11.2 Å². The molecule has 164 valence electrons. The van der Waals surface area contributed by atoms with E-state index in [9.17, 15) is 14.0 Å². The summed E-state index contributed by atoms with van der Waals surface area (Å²) in [6, 6.07) is 5.50. The second-order valence-electron chi connectivity index (χ2n) is 9.07. The van der Waals surface area contributed by atoms with Crippen molar-refractivity contribution in [3.63, 3.8) is 0 Å². The highest BCUT2D eigenvalue weighted by Crippen LogP contribution is 2.35. The summed E-state index contributed by atoms with van der Waals surface area (Å²) in [6.07, 6.45) is 1.22. The first-order valence-corrected chi connectivity index (χ1v) is 10.9. The molecule has 3 atom stereocenters. The Balaban J connectivity index is 1.25.